The summed E-state index contributed by atoms with van der Waals surface area (Å²) in [5, 5.41) is 11.9. The number of likely N-dealkylation sites (N-methyl/N-ethyl adjacent to an activating group) is 1. The number of anilines is 2. The van der Waals surface area contributed by atoms with Crippen molar-refractivity contribution >= 4 is 11.6 Å². The zero-order valence-corrected chi connectivity index (χ0v) is 10.6. The zero-order valence-electron chi connectivity index (χ0n) is 10.6. The molecule has 1 rings (SSSR count). The first kappa shape index (κ1) is 13.7. The van der Waals surface area contributed by atoms with Crippen molar-refractivity contribution in [3.63, 3.8) is 0 Å². The van der Waals surface area contributed by atoms with E-state index in [2.05, 4.69) is 15.3 Å². The lowest BCUT2D eigenvalue weighted by molar-refractivity contribution is 0.128. The topological polar surface area (TPSA) is 70.5 Å². The predicted octanol–water partition coefficient (Wildman–Crippen LogP) is 0.483. The summed E-state index contributed by atoms with van der Waals surface area (Å²) in [4.78, 5) is 10.5. The van der Waals surface area contributed by atoms with Gasteiger partial charge in [0.25, 0.3) is 0 Å². The van der Waals surface area contributed by atoms with Gasteiger partial charge in [-0.1, -0.05) is 0 Å². The van der Waals surface area contributed by atoms with Gasteiger partial charge in [0.05, 0.1) is 6.61 Å². The third-order valence-electron chi connectivity index (χ3n) is 2.28. The monoisotopic (exact) mass is 240 g/mol. The van der Waals surface area contributed by atoms with Crippen LogP contribution in [0.1, 0.15) is 12.7 Å². The van der Waals surface area contributed by atoms with E-state index in [-0.39, 0.29) is 6.61 Å². The van der Waals surface area contributed by atoms with E-state index >= 15 is 0 Å². The van der Waals surface area contributed by atoms with Gasteiger partial charge in [-0.3, -0.25) is 0 Å². The fourth-order valence-corrected chi connectivity index (χ4v) is 1.33. The van der Waals surface area contributed by atoms with E-state index in [1.807, 2.05) is 32.0 Å². The third-order valence-corrected chi connectivity index (χ3v) is 2.28. The van der Waals surface area contributed by atoms with Crippen LogP contribution >= 0.6 is 0 Å². The molecule has 1 aromatic rings. The third kappa shape index (κ3) is 4.16. The Morgan fingerprint density at radius 3 is 2.82 bits per heavy atom. The number of nitrogens with one attached hydrogen (secondary N) is 1. The lowest BCUT2D eigenvalue weighted by Gasteiger charge is -2.18. The maximum atomic E-state index is 8.91. The average Bonchev–Trinajstić information content (AvgIpc) is 2.36. The quantitative estimate of drug-likeness (QED) is 0.722. The second kappa shape index (κ2) is 7.03. The number of nitrogens with zero attached hydrogens (tertiary/aromatic N) is 3. The van der Waals surface area contributed by atoms with Gasteiger partial charge in [0.15, 0.2) is 5.82 Å². The summed E-state index contributed by atoms with van der Waals surface area (Å²) >= 11 is 0. The van der Waals surface area contributed by atoms with Crippen LogP contribution in [0.4, 0.5) is 11.6 Å². The van der Waals surface area contributed by atoms with Gasteiger partial charge in [-0.25, -0.2) is 9.97 Å². The lowest BCUT2D eigenvalue weighted by atomic mass is 10.4. The number of hydrogen-bond donors (Lipinski definition) is 2. The predicted molar refractivity (Wildman–Crippen MR) is 67.3 cm³/mol. The Hall–Kier alpha value is -1.40. The van der Waals surface area contributed by atoms with Crippen molar-refractivity contribution in [2.45, 2.75) is 13.5 Å². The summed E-state index contributed by atoms with van der Waals surface area (Å²) in [6, 6.07) is 1.84. The number of ether oxygens (including phenoxy) is 1. The van der Waals surface area contributed by atoms with Crippen LogP contribution in [0.5, 0.6) is 0 Å². The molecule has 2 N–H and O–H groups in total. The second-order valence-electron chi connectivity index (χ2n) is 3.56. The largest absolute Gasteiger partial charge is 0.395 e. The fraction of sp³-hybridized carbons (Fsp3) is 0.636. The molecular formula is C11H20N4O2. The van der Waals surface area contributed by atoms with Crippen LogP contribution in [0.25, 0.3) is 0 Å². The van der Waals surface area contributed by atoms with E-state index in [4.69, 9.17) is 9.84 Å². The highest BCUT2D eigenvalue weighted by molar-refractivity contribution is 5.48. The number of rotatable bonds is 7. The minimum Gasteiger partial charge on any atom is -0.395 e. The number of aliphatic hydroxyl groups excluding tert-OH is 1. The van der Waals surface area contributed by atoms with Gasteiger partial charge in [0.1, 0.15) is 18.2 Å². The van der Waals surface area contributed by atoms with Gasteiger partial charge in [0, 0.05) is 33.3 Å². The molecule has 0 atom stereocenters. The first-order chi connectivity index (χ1) is 8.21. The molecule has 0 aliphatic carbocycles. The van der Waals surface area contributed by atoms with E-state index in [0.29, 0.717) is 25.6 Å². The summed E-state index contributed by atoms with van der Waals surface area (Å²) < 4.78 is 5.29. The maximum absolute atomic E-state index is 8.91. The van der Waals surface area contributed by atoms with Crippen LogP contribution in [-0.4, -0.2) is 48.9 Å². The highest BCUT2D eigenvalue weighted by Crippen LogP contribution is 2.14. The first-order valence-electron chi connectivity index (χ1n) is 5.66. The van der Waals surface area contributed by atoms with Gasteiger partial charge in [-0.05, 0) is 6.92 Å². The molecular weight excluding hydrogens is 220 g/mol. The van der Waals surface area contributed by atoms with Gasteiger partial charge in [-0.15, -0.1) is 0 Å². The van der Waals surface area contributed by atoms with E-state index in [9.17, 15) is 0 Å². The normalized spacial score (nSPS) is 10.4. The molecule has 0 spiro atoms. The summed E-state index contributed by atoms with van der Waals surface area (Å²) in [5.41, 5.74) is 0. The van der Waals surface area contributed by atoms with E-state index in [1.54, 1.807) is 0 Å². The molecule has 0 saturated carbocycles. The second-order valence-corrected chi connectivity index (χ2v) is 3.56. The summed E-state index contributed by atoms with van der Waals surface area (Å²) in [6.07, 6.45) is 0. The molecule has 1 aromatic heterocycles. The van der Waals surface area contributed by atoms with Crippen molar-refractivity contribution in [1.29, 1.82) is 0 Å². The molecule has 0 bridgehead atoms. The molecule has 6 heteroatoms. The molecule has 0 aliphatic heterocycles. The highest BCUT2D eigenvalue weighted by Gasteiger charge is 2.07. The molecule has 0 fully saturated rings. The smallest absolute Gasteiger partial charge is 0.158 e. The van der Waals surface area contributed by atoms with Crippen molar-refractivity contribution in [2.75, 3.05) is 44.1 Å². The van der Waals surface area contributed by atoms with Gasteiger partial charge >= 0.3 is 0 Å². The Kier molecular flexibility index (Phi) is 5.65. The van der Waals surface area contributed by atoms with Crippen LogP contribution in [0, 0.1) is 0 Å². The molecule has 1 heterocycles. The molecule has 6 nitrogen and oxygen atoms in total. The van der Waals surface area contributed by atoms with Crippen LogP contribution in [0.3, 0.4) is 0 Å². The molecule has 17 heavy (non-hydrogen) atoms. The van der Waals surface area contributed by atoms with Crippen LogP contribution in [0.15, 0.2) is 6.07 Å². The van der Waals surface area contributed by atoms with Gasteiger partial charge in [-0.2, -0.15) is 0 Å². The molecule has 0 aromatic carbocycles. The molecule has 0 aliphatic rings. The van der Waals surface area contributed by atoms with Crippen LogP contribution < -0.4 is 10.2 Å². The maximum Gasteiger partial charge on any atom is 0.158 e. The van der Waals surface area contributed by atoms with Crippen molar-refractivity contribution in [3.05, 3.63) is 11.9 Å². The minimum absolute atomic E-state index is 0.0934. The van der Waals surface area contributed by atoms with Crippen molar-refractivity contribution < 1.29 is 9.84 Å². The molecule has 0 saturated heterocycles. The Morgan fingerprint density at radius 1 is 1.47 bits per heavy atom. The number of hydrogen-bond acceptors (Lipinski definition) is 6. The molecule has 0 radical (unpaired) electrons. The Morgan fingerprint density at radius 2 is 2.24 bits per heavy atom. The van der Waals surface area contributed by atoms with Crippen molar-refractivity contribution in [3.8, 4) is 0 Å². The van der Waals surface area contributed by atoms with Crippen LogP contribution in [0.2, 0.25) is 0 Å². The van der Waals surface area contributed by atoms with Gasteiger partial charge < -0.3 is 20.1 Å². The molecule has 96 valence electrons. The summed E-state index contributed by atoms with van der Waals surface area (Å²) in [5.74, 6) is 2.15. The molecule has 0 unspecified atom stereocenters. The Labute approximate surface area is 102 Å². The first-order valence-corrected chi connectivity index (χ1v) is 5.66. The lowest BCUT2D eigenvalue weighted by Crippen LogP contribution is -2.23. The van der Waals surface area contributed by atoms with E-state index in [1.165, 1.54) is 0 Å². The summed E-state index contributed by atoms with van der Waals surface area (Å²) in [7, 11) is 3.69. The van der Waals surface area contributed by atoms with Crippen LogP contribution in [-0.2, 0) is 11.3 Å². The average molecular weight is 240 g/mol. The summed E-state index contributed by atoms with van der Waals surface area (Å²) in [6.45, 7) is 3.59. The van der Waals surface area contributed by atoms with E-state index < -0.39 is 0 Å². The van der Waals surface area contributed by atoms with Gasteiger partial charge in [0.2, 0.25) is 0 Å². The van der Waals surface area contributed by atoms with E-state index in [0.717, 1.165) is 11.6 Å². The highest BCUT2D eigenvalue weighted by atomic mass is 16.5. The SMILES string of the molecule is CCOCc1nc(NC)cc(N(C)CCO)n1. The van der Waals surface area contributed by atoms with Crippen molar-refractivity contribution in [2.24, 2.45) is 0 Å². The molecule has 0 amide bonds. The minimum atomic E-state index is 0.0934. The Balaban J connectivity index is 2.88. The zero-order chi connectivity index (χ0) is 12.7. The number of aliphatic hydroxyl groups is 1. The number of aromatic nitrogens is 2. The Bertz CT molecular complexity index is 346. The van der Waals surface area contributed by atoms with Crippen molar-refractivity contribution in [1.82, 2.24) is 9.97 Å². The fourth-order valence-electron chi connectivity index (χ4n) is 1.33. The standard InChI is InChI=1S/C11H20N4O2/c1-4-17-8-10-13-9(12-2)7-11(14-10)15(3)5-6-16/h7,16H,4-6,8H2,1-3H3,(H,12,13,14).